The maximum Gasteiger partial charge on any atom is 0.306 e. The van der Waals surface area contributed by atoms with Crippen LogP contribution < -0.4 is 10.6 Å². The molecule has 2 rings (SSSR count). The van der Waals surface area contributed by atoms with Gasteiger partial charge in [0.2, 0.25) is 11.8 Å². The number of rotatable bonds is 10. The predicted octanol–water partition coefficient (Wildman–Crippen LogP) is 2.77. The molecule has 8 heteroatoms. The van der Waals surface area contributed by atoms with E-state index in [-0.39, 0.29) is 25.2 Å². The van der Waals surface area contributed by atoms with Gasteiger partial charge in [0.15, 0.2) is 0 Å². The Kier molecular flexibility index (Phi) is 8.75. The molecule has 0 saturated heterocycles. The Hall–Kier alpha value is -3.68. The maximum absolute atomic E-state index is 12.1. The van der Waals surface area contributed by atoms with E-state index in [9.17, 15) is 19.2 Å². The third-order valence-corrected chi connectivity index (χ3v) is 4.52. The van der Waals surface area contributed by atoms with Crippen molar-refractivity contribution < 1.29 is 29.0 Å². The molecule has 2 aromatic rings. The summed E-state index contributed by atoms with van der Waals surface area (Å²) >= 11 is 0. The minimum Gasteiger partial charge on any atom is -0.481 e. The van der Waals surface area contributed by atoms with Gasteiger partial charge in [-0.1, -0.05) is 36.4 Å². The lowest BCUT2D eigenvalue weighted by Gasteiger charge is -2.17. The molecular weight excluding hydrogens is 400 g/mol. The number of hydrogen-bond acceptors (Lipinski definition) is 5. The molecule has 31 heavy (non-hydrogen) atoms. The van der Waals surface area contributed by atoms with Gasteiger partial charge in [-0.15, -0.1) is 0 Å². The lowest BCUT2D eigenvalue weighted by atomic mass is 9.99. The summed E-state index contributed by atoms with van der Waals surface area (Å²) in [6.07, 6.45) is -0.0201. The first kappa shape index (κ1) is 23.6. The van der Waals surface area contributed by atoms with Crippen LogP contribution in [0.5, 0.6) is 0 Å². The number of ether oxygens (including phenoxy) is 1. The molecule has 1 atom stereocenters. The lowest BCUT2D eigenvalue weighted by molar-refractivity contribution is -0.142. The van der Waals surface area contributed by atoms with Gasteiger partial charge >= 0.3 is 11.9 Å². The van der Waals surface area contributed by atoms with Gasteiger partial charge in [-0.3, -0.25) is 19.2 Å². The van der Waals surface area contributed by atoms with Crippen LogP contribution in [0, 0.1) is 0 Å². The highest BCUT2D eigenvalue weighted by molar-refractivity contribution is 5.89. The second-order valence-corrected chi connectivity index (χ2v) is 7.10. The van der Waals surface area contributed by atoms with E-state index in [4.69, 9.17) is 5.11 Å². The summed E-state index contributed by atoms with van der Waals surface area (Å²) in [5, 5.41) is 14.6. The van der Waals surface area contributed by atoms with Gasteiger partial charge < -0.3 is 20.5 Å². The minimum atomic E-state index is -1.02. The smallest absolute Gasteiger partial charge is 0.306 e. The zero-order valence-corrected chi connectivity index (χ0v) is 17.5. The molecule has 0 bridgehead atoms. The van der Waals surface area contributed by atoms with Crippen molar-refractivity contribution in [2.75, 3.05) is 12.4 Å². The van der Waals surface area contributed by atoms with E-state index in [1.807, 2.05) is 42.5 Å². The van der Waals surface area contributed by atoms with Crippen LogP contribution in [0.4, 0.5) is 5.69 Å². The Labute approximate surface area is 180 Å². The number of aliphatic carboxylic acids is 1. The second kappa shape index (κ2) is 11.5. The van der Waals surface area contributed by atoms with Crippen LogP contribution in [0.3, 0.4) is 0 Å². The first-order valence-corrected chi connectivity index (χ1v) is 9.81. The first-order valence-electron chi connectivity index (χ1n) is 9.81. The molecule has 0 radical (unpaired) electrons. The fraction of sp³-hybridized carbons (Fsp3) is 0.304. The van der Waals surface area contributed by atoms with Gasteiger partial charge in [0.05, 0.1) is 20.0 Å². The fourth-order valence-electron chi connectivity index (χ4n) is 3.10. The van der Waals surface area contributed by atoms with Gasteiger partial charge in [0.1, 0.15) is 0 Å². The van der Waals surface area contributed by atoms with E-state index in [0.29, 0.717) is 12.1 Å². The number of amides is 2. The molecule has 0 heterocycles. The number of anilines is 1. The lowest BCUT2D eigenvalue weighted by Crippen LogP contribution is -2.38. The van der Waals surface area contributed by atoms with Crippen molar-refractivity contribution in [3.63, 3.8) is 0 Å². The van der Waals surface area contributed by atoms with Crippen molar-refractivity contribution in [1.82, 2.24) is 5.32 Å². The summed E-state index contributed by atoms with van der Waals surface area (Å²) in [5.41, 5.74) is 3.43. The number of carboxylic acids is 1. The SMILES string of the molecule is COC(=O)CCC(=O)N[C@@H](CC(=O)O)Cc1ccc(-c2cccc(NC(C)=O)c2)cc1. The van der Waals surface area contributed by atoms with Crippen LogP contribution in [0.2, 0.25) is 0 Å². The molecule has 0 aromatic heterocycles. The maximum atomic E-state index is 12.1. The minimum absolute atomic E-state index is 0.0611. The highest BCUT2D eigenvalue weighted by atomic mass is 16.5. The quantitative estimate of drug-likeness (QED) is 0.502. The molecule has 0 aliphatic rings. The van der Waals surface area contributed by atoms with Gasteiger partial charge in [0, 0.05) is 25.1 Å². The number of methoxy groups -OCH3 is 1. The van der Waals surface area contributed by atoms with Gasteiger partial charge in [-0.05, 0) is 35.2 Å². The molecule has 2 amide bonds. The number of carbonyl (C=O) groups is 4. The fourth-order valence-corrected chi connectivity index (χ4v) is 3.10. The predicted molar refractivity (Wildman–Crippen MR) is 115 cm³/mol. The topological polar surface area (TPSA) is 122 Å². The Balaban J connectivity index is 2.05. The summed E-state index contributed by atoms with van der Waals surface area (Å²) in [7, 11) is 1.24. The Morgan fingerprint density at radius 3 is 2.32 bits per heavy atom. The molecule has 164 valence electrons. The summed E-state index contributed by atoms with van der Waals surface area (Å²) in [6.45, 7) is 1.45. The third kappa shape index (κ3) is 8.30. The molecule has 2 aromatic carbocycles. The van der Waals surface area contributed by atoms with E-state index in [0.717, 1.165) is 16.7 Å². The normalized spacial score (nSPS) is 11.3. The highest BCUT2D eigenvalue weighted by Crippen LogP contribution is 2.23. The van der Waals surface area contributed by atoms with Crippen LogP contribution >= 0.6 is 0 Å². The zero-order chi connectivity index (χ0) is 22.8. The van der Waals surface area contributed by atoms with Crippen molar-refractivity contribution in [2.45, 2.75) is 38.6 Å². The molecular formula is C23H26N2O6. The summed E-state index contributed by atoms with van der Waals surface area (Å²) in [6, 6.07) is 14.4. The summed E-state index contributed by atoms with van der Waals surface area (Å²) in [5.74, 6) is -2.07. The van der Waals surface area contributed by atoms with Crippen LogP contribution in [-0.2, 0) is 30.3 Å². The van der Waals surface area contributed by atoms with Crippen molar-refractivity contribution in [3.8, 4) is 11.1 Å². The average Bonchev–Trinajstić information content (AvgIpc) is 2.71. The van der Waals surface area contributed by atoms with Crippen molar-refractivity contribution in [2.24, 2.45) is 0 Å². The number of esters is 1. The molecule has 0 spiro atoms. The van der Waals surface area contributed by atoms with E-state index in [1.165, 1.54) is 14.0 Å². The first-order chi connectivity index (χ1) is 14.8. The average molecular weight is 426 g/mol. The molecule has 0 aliphatic carbocycles. The largest absolute Gasteiger partial charge is 0.481 e. The Morgan fingerprint density at radius 2 is 1.71 bits per heavy atom. The van der Waals surface area contributed by atoms with Crippen LogP contribution in [0.25, 0.3) is 11.1 Å². The van der Waals surface area contributed by atoms with Gasteiger partial charge in [0.25, 0.3) is 0 Å². The number of hydrogen-bond donors (Lipinski definition) is 3. The van der Waals surface area contributed by atoms with Crippen LogP contribution in [0.15, 0.2) is 48.5 Å². The van der Waals surface area contributed by atoms with Crippen LogP contribution in [0.1, 0.15) is 31.7 Å². The molecule has 3 N–H and O–H groups in total. The standard InChI is InChI=1S/C23H26N2O6/c1-15(26)24-19-5-3-4-18(13-19)17-8-6-16(7-9-17)12-20(14-22(28)29)25-21(27)10-11-23(30)31-2/h3-9,13,20H,10-12,14H2,1-2H3,(H,24,26)(H,25,27)(H,28,29)/t20-/m1/s1. The number of carbonyl (C=O) groups excluding carboxylic acids is 3. The molecule has 0 unspecified atom stereocenters. The summed E-state index contributed by atoms with van der Waals surface area (Å²) in [4.78, 5) is 45.7. The van der Waals surface area contributed by atoms with E-state index >= 15 is 0 Å². The van der Waals surface area contributed by atoms with E-state index in [1.54, 1.807) is 6.07 Å². The molecule has 0 saturated carbocycles. The molecule has 0 fully saturated rings. The number of nitrogens with one attached hydrogen (secondary N) is 2. The van der Waals surface area contributed by atoms with Crippen molar-refractivity contribution in [3.05, 3.63) is 54.1 Å². The van der Waals surface area contributed by atoms with E-state index < -0.39 is 23.9 Å². The monoisotopic (exact) mass is 426 g/mol. The zero-order valence-electron chi connectivity index (χ0n) is 17.5. The second-order valence-electron chi connectivity index (χ2n) is 7.10. The van der Waals surface area contributed by atoms with Gasteiger partial charge in [-0.25, -0.2) is 0 Å². The summed E-state index contributed by atoms with van der Waals surface area (Å²) < 4.78 is 4.51. The number of carboxylic acid groups (broad SMARTS) is 1. The van der Waals surface area contributed by atoms with Crippen LogP contribution in [-0.4, -0.2) is 42.0 Å². The number of benzene rings is 2. The Bertz CT molecular complexity index is 939. The van der Waals surface area contributed by atoms with E-state index in [2.05, 4.69) is 15.4 Å². The molecule has 0 aliphatic heterocycles. The molecule has 8 nitrogen and oxygen atoms in total. The highest BCUT2D eigenvalue weighted by Gasteiger charge is 2.17. The third-order valence-electron chi connectivity index (χ3n) is 4.52. The van der Waals surface area contributed by atoms with Crippen molar-refractivity contribution >= 4 is 29.4 Å². The van der Waals surface area contributed by atoms with Crippen molar-refractivity contribution in [1.29, 1.82) is 0 Å². The Morgan fingerprint density at radius 1 is 1.00 bits per heavy atom. The van der Waals surface area contributed by atoms with Gasteiger partial charge in [-0.2, -0.15) is 0 Å².